The molecule has 0 aliphatic heterocycles. The number of esters is 1. The smallest absolute Gasteiger partial charge is 0.305 e. The first kappa shape index (κ1) is 29.2. The predicted octanol–water partition coefficient (Wildman–Crippen LogP) is 7.26. The SMILES string of the molecule is COC(=O)CCCCCOc1cc2c(cc1NS(=O)(=O)c1ccc(Cl)cc1)nc(-c1ccccc1)n2-c1ccccc1. The number of ether oxygens (including phenoxy) is 2. The fourth-order valence-electron chi connectivity index (χ4n) is 4.57. The number of hydrogen-bond acceptors (Lipinski definition) is 6. The van der Waals surface area contributed by atoms with Gasteiger partial charge in [0.1, 0.15) is 11.6 Å². The third-order valence-electron chi connectivity index (χ3n) is 6.68. The number of imidazole rings is 1. The molecule has 0 saturated carbocycles. The van der Waals surface area contributed by atoms with Crippen molar-refractivity contribution in [3.05, 3.63) is 102 Å². The summed E-state index contributed by atoms with van der Waals surface area (Å²) in [4.78, 5) is 16.4. The Labute approximate surface area is 249 Å². The second-order valence-corrected chi connectivity index (χ2v) is 11.7. The van der Waals surface area contributed by atoms with Crippen molar-refractivity contribution in [1.29, 1.82) is 0 Å². The highest BCUT2D eigenvalue weighted by atomic mass is 35.5. The van der Waals surface area contributed by atoms with Crippen LogP contribution in [0.2, 0.25) is 5.02 Å². The van der Waals surface area contributed by atoms with Crippen molar-refractivity contribution in [3.63, 3.8) is 0 Å². The van der Waals surface area contributed by atoms with Gasteiger partial charge in [-0.2, -0.15) is 0 Å². The van der Waals surface area contributed by atoms with Crippen LogP contribution in [0.3, 0.4) is 0 Å². The van der Waals surface area contributed by atoms with Crippen LogP contribution in [0.25, 0.3) is 28.1 Å². The van der Waals surface area contributed by atoms with Crippen LogP contribution in [0.4, 0.5) is 5.69 Å². The van der Waals surface area contributed by atoms with Crippen molar-refractivity contribution in [2.24, 2.45) is 0 Å². The zero-order chi connectivity index (χ0) is 29.5. The molecule has 1 N–H and O–H groups in total. The Balaban J connectivity index is 1.55. The van der Waals surface area contributed by atoms with Gasteiger partial charge in [0.15, 0.2) is 0 Å². The highest BCUT2D eigenvalue weighted by molar-refractivity contribution is 7.92. The number of unbranched alkanes of at least 4 members (excludes halogenated alkanes) is 2. The van der Waals surface area contributed by atoms with E-state index in [4.69, 9.17) is 26.1 Å². The minimum Gasteiger partial charge on any atom is -0.491 e. The molecule has 5 aromatic rings. The zero-order valence-corrected chi connectivity index (χ0v) is 24.6. The normalized spacial score (nSPS) is 11.4. The van der Waals surface area contributed by atoms with Gasteiger partial charge in [-0.3, -0.25) is 14.1 Å². The van der Waals surface area contributed by atoms with E-state index < -0.39 is 10.0 Å². The second kappa shape index (κ2) is 13.1. The number of hydrogen-bond donors (Lipinski definition) is 1. The predicted molar refractivity (Wildman–Crippen MR) is 165 cm³/mol. The largest absolute Gasteiger partial charge is 0.491 e. The van der Waals surface area contributed by atoms with E-state index in [0.29, 0.717) is 48.0 Å². The molecule has 1 heterocycles. The summed E-state index contributed by atoms with van der Waals surface area (Å²) in [6.45, 7) is 0.327. The van der Waals surface area contributed by atoms with Crippen LogP contribution in [0.1, 0.15) is 25.7 Å². The number of sulfonamides is 1. The first-order valence-corrected chi connectivity index (χ1v) is 15.4. The quantitative estimate of drug-likeness (QED) is 0.119. The molecule has 0 bridgehead atoms. The maximum Gasteiger partial charge on any atom is 0.305 e. The molecule has 42 heavy (non-hydrogen) atoms. The van der Waals surface area contributed by atoms with Crippen LogP contribution in [0, 0.1) is 0 Å². The number of aromatic nitrogens is 2. The Kier molecular flexibility index (Phi) is 9.09. The molecule has 0 radical (unpaired) electrons. The Morgan fingerprint density at radius 1 is 0.905 bits per heavy atom. The first-order chi connectivity index (χ1) is 20.4. The average molecular weight is 604 g/mol. The lowest BCUT2D eigenvalue weighted by Gasteiger charge is -2.15. The Morgan fingerprint density at radius 2 is 1.60 bits per heavy atom. The molecule has 0 spiro atoms. The molecular weight excluding hydrogens is 574 g/mol. The second-order valence-electron chi connectivity index (χ2n) is 9.60. The number of halogens is 1. The van der Waals surface area contributed by atoms with Crippen LogP contribution in [-0.2, 0) is 19.6 Å². The van der Waals surface area contributed by atoms with Crippen LogP contribution in [0.15, 0.2) is 102 Å². The standard InChI is InChI=1S/C32H30ClN3O5S/c1-40-31(37)15-9-4-10-20-41-30-22-29-27(21-28(30)35-42(38,39)26-18-16-24(33)17-19-26)34-32(23-11-5-2-6-12-23)36(29)25-13-7-3-8-14-25/h2-3,5-8,11-14,16-19,21-22,35H,4,9-10,15,20H2,1H3. The van der Waals surface area contributed by atoms with Crippen LogP contribution in [0.5, 0.6) is 5.75 Å². The molecule has 8 nitrogen and oxygen atoms in total. The number of methoxy groups -OCH3 is 1. The van der Waals surface area contributed by atoms with Gasteiger partial charge in [-0.1, -0.05) is 60.1 Å². The summed E-state index contributed by atoms with van der Waals surface area (Å²) in [5.74, 6) is 0.830. The number of nitrogens with zero attached hydrogens (tertiary/aromatic N) is 2. The molecule has 5 rings (SSSR count). The number of carbonyl (C=O) groups is 1. The number of nitrogens with one attached hydrogen (secondary N) is 1. The molecule has 10 heteroatoms. The van der Waals surface area contributed by atoms with Gasteiger partial charge in [0.2, 0.25) is 0 Å². The Hall–Kier alpha value is -4.34. The van der Waals surface area contributed by atoms with Gasteiger partial charge in [0.05, 0.1) is 35.3 Å². The summed E-state index contributed by atoms with van der Waals surface area (Å²) in [5, 5.41) is 0.437. The molecule has 0 unspecified atom stereocenters. The lowest BCUT2D eigenvalue weighted by atomic mass is 10.2. The molecule has 0 aliphatic rings. The van der Waals surface area contributed by atoms with Crippen LogP contribution >= 0.6 is 11.6 Å². The Morgan fingerprint density at radius 3 is 2.29 bits per heavy atom. The number of fused-ring (bicyclic) bond motifs is 1. The number of anilines is 1. The average Bonchev–Trinajstić information content (AvgIpc) is 3.37. The summed E-state index contributed by atoms with van der Waals surface area (Å²) in [5.41, 5.74) is 3.44. The molecule has 216 valence electrons. The fourth-order valence-corrected chi connectivity index (χ4v) is 5.76. The van der Waals surface area contributed by atoms with E-state index in [1.807, 2.05) is 71.3 Å². The molecule has 0 fully saturated rings. The molecule has 0 saturated heterocycles. The molecule has 0 aliphatic carbocycles. The van der Waals surface area contributed by atoms with E-state index in [-0.39, 0.29) is 16.6 Å². The van der Waals surface area contributed by atoms with Crippen molar-refractivity contribution in [2.75, 3.05) is 18.4 Å². The van der Waals surface area contributed by atoms with E-state index in [0.717, 1.165) is 23.2 Å². The molecule has 1 aromatic heterocycles. The lowest BCUT2D eigenvalue weighted by molar-refractivity contribution is -0.140. The Bertz CT molecular complexity index is 1770. The molecule has 0 amide bonds. The fraction of sp³-hybridized carbons (Fsp3) is 0.188. The summed E-state index contributed by atoms with van der Waals surface area (Å²) in [6.07, 6.45) is 2.44. The van der Waals surface area contributed by atoms with E-state index in [1.165, 1.54) is 31.4 Å². The summed E-state index contributed by atoms with van der Waals surface area (Å²) in [7, 11) is -2.58. The highest BCUT2D eigenvalue weighted by Crippen LogP contribution is 2.36. The maximum atomic E-state index is 13.3. The molecule has 0 atom stereocenters. The van der Waals surface area contributed by atoms with Gasteiger partial charge in [0, 0.05) is 28.8 Å². The van der Waals surface area contributed by atoms with Gasteiger partial charge in [-0.25, -0.2) is 13.4 Å². The van der Waals surface area contributed by atoms with Gasteiger partial charge in [0.25, 0.3) is 10.0 Å². The third-order valence-corrected chi connectivity index (χ3v) is 8.31. The topological polar surface area (TPSA) is 99.5 Å². The summed E-state index contributed by atoms with van der Waals surface area (Å²) < 4.78 is 42.3. The molecular formula is C32H30ClN3O5S. The highest BCUT2D eigenvalue weighted by Gasteiger charge is 2.21. The van der Waals surface area contributed by atoms with Crippen molar-refractivity contribution >= 4 is 44.3 Å². The number of carbonyl (C=O) groups excluding carboxylic acids is 1. The van der Waals surface area contributed by atoms with E-state index in [2.05, 4.69) is 4.72 Å². The van der Waals surface area contributed by atoms with Crippen LogP contribution < -0.4 is 9.46 Å². The number of benzene rings is 4. The van der Waals surface area contributed by atoms with E-state index >= 15 is 0 Å². The number of para-hydroxylation sites is 1. The summed E-state index contributed by atoms with van der Waals surface area (Å²) >= 11 is 5.98. The van der Waals surface area contributed by atoms with Crippen molar-refractivity contribution in [2.45, 2.75) is 30.6 Å². The zero-order valence-electron chi connectivity index (χ0n) is 23.0. The molecule has 4 aromatic carbocycles. The van der Waals surface area contributed by atoms with Gasteiger partial charge < -0.3 is 9.47 Å². The van der Waals surface area contributed by atoms with Gasteiger partial charge in [-0.15, -0.1) is 0 Å². The first-order valence-electron chi connectivity index (χ1n) is 13.5. The van der Waals surface area contributed by atoms with E-state index in [1.54, 1.807) is 6.07 Å². The van der Waals surface area contributed by atoms with Gasteiger partial charge >= 0.3 is 5.97 Å². The maximum absolute atomic E-state index is 13.3. The number of rotatable bonds is 12. The van der Waals surface area contributed by atoms with Crippen molar-refractivity contribution < 1.29 is 22.7 Å². The minimum atomic E-state index is -3.96. The third kappa shape index (κ3) is 6.75. The minimum absolute atomic E-state index is 0.0700. The monoisotopic (exact) mass is 603 g/mol. The lowest BCUT2D eigenvalue weighted by Crippen LogP contribution is -2.14. The van der Waals surface area contributed by atoms with Crippen molar-refractivity contribution in [1.82, 2.24) is 9.55 Å². The van der Waals surface area contributed by atoms with Gasteiger partial charge in [-0.05, 0) is 61.7 Å². The van der Waals surface area contributed by atoms with Crippen LogP contribution in [-0.4, -0.2) is 37.7 Å². The van der Waals surface area contributed by atoms with Crippen molar-refractivity contribution in [3.8, 4) is 22.8 Å². The summed E-state index contributed by atoms with van der Waals surface area (Å²) in [6, 6.07) is 29.1. The van der Waals surface area contributed by atoms with E-state index in [9.17, 15) is 13.2 Å².